The molecule has 2 nitrogen and oxygen atoms in total. The van der Waals surface area contributed by atoms with Crippen molar-refractivity contribution in [1.29, 1.82) is 0 Å². The standard InChI is InChI=1S/C18H20O2/c1-18(2)16(13-7-5-4-6-8-13)11-14-9-10-15(19-3)12-17(14)20-18/h4-10,12,16H,11H2,1-3H3. The van der Waals surface area contributed by atoms with Crippen LogP contribution in [-0.2, 0) is 6.42 Å². The number of fused-ring (bicyclic) bond motifs is 1. The van der Waals surface area contributed by atoms with Crippen LogP contribution in [0.1, 0.15) is 30.9 Å². The summed E-state index contributed by atoms with van der Waals surface area (Å²) < 4.78 is 11.5. The van der Waals surface area contributed by atoms with Crippen LogP contribution in [0.5, 0.6) is 11.5 Å². The molecule has 0 aliphatic carbocycles. The molecule has 1 aliphatic rings. The van der Waals surface area contributed by atoms with Gasteiger partial charge in [-0.15, -0.1) is 0 Å². The van der Waals surface area contributed by atoms with Gasteiger partial charge in [0.2, 0.25) is 0 Å². The van der Waals surface area contributed by atoms with Gasteiger partial charge in [-0.3, -0.25) is 0 Å². The highest BCUT2D eigenvalue weighted by Crippen LogP contribution is 2.43. The minimum Gasteiger partial charge on any atom is -0.497 e. The van der Waals surface area contributed by atoms with E-state index < -0.39 is 0 Å². The van der Waals surface area contributed by atoms with Crippen molar-refractivity contribution >= 4 is 0 Å². The van der Waals surface area contributed by atoms with Crippen LogP contribution in [0.15, 0.2) is 48.5 Å². The summed E-state index contributed by atoms with van der Waals surface area (Å²) >= 11 is 0. The van der Waals surface area contributed by atoms with Crippen LogP contribution in [0, 0.1) is 0 Å². The second kappa shape index (κ2) is 4.86. The molecule has 104 valence electrons. The first-order valence-electron chi connectivity index (χ1n) is 7.01. The van der Waals surface area contributed by atoms with Gasteiger partial charge < -0.3 is 9.47 Å². The van der Waals surface area contributed by atoms with Crippen LogP contribution in [0.3, 0.4) is 0 Å². The van der Waals surface area contributed by atoms with Crippen LogP contribution < -0.4 is 9.47 Å². The second-order valence-electron chi connectivity index (χ2n) is 5.85. The van der Waals surface area contributed by atoms with Gasteiger partial charge in [0, 0.05) is 12.0 Å². The molecule has 1 unspecified atom stereocenters. The molecule has 1 aliphatic heterocycles. The topological polar surface area (TPSA) is 18.5 Å². The molecule has 0 saturated carbocycles. The summed E-state index contributed by atoms with van der Waals surface area (Å²) in [6, 6.07) is 16.7. The molecule has 0 saturated heterocycles. The third kappa shape index (κ3) is 2.26. The molecular weight excluding hydrogens is 248 g/mol. The maximum absolute atomic E-state index is 6.25. The summed E-state index contributed by atoms with van der Waals surface area (Å²) in [6.07, 6.45) is 0.996. The quantitative estimate of drug-likeness (QED) is 0.813. The maximum Gasteiger partial charge on any atom is 0.127 e. The predicted octanol–water partition coefficient (Wildman–Crippen LogP) is 4.19. The van der Waals surface area contributed by atoms with Crippen molar-refractivity contribution in [2.75, 3.05) is 7.11 Å². The Morgan fingerprint density at radius 1 is 1.10 bits per heavy atom. The average Bonchev–Trinajstić information content (AvgIpc) is 2.46. The first-order chi connectivity index (χ1) is 9.60. The zero-order valence-corrected chi connectivity index (χ0v) is 12.2. The number of hydrogen-bond acceptors (Lipinski definition) is 2. The molecule has 0 spiro atoms. The first-order valence-corrected chi connectivity index (χ1v) is 7.01. The van der Waals surface area contributed by atoms with Crippen molar-refractivity contribution in [1.82, 2.24) is 0 Å². The van der Waals surface area contributed by atoms with Gasteiger partial charge in [-0.2, -0.15) is 0 Å². The molecule has 1 heterocycles. The Morgan fingerprint density at radius 3 is 2.55 bits per heavy atom. The second-order valence-corrected chi connectivity index (χ2v) is 5.85. The smallest absolute Gasteiger partial charge is 0.127 e. The highest BCUT2D eigenvalue weighted by molar-refractivity contribution is 5.45. The molecular formula is C18H20O2. The van der Waals surface area contributed by atoms with E-state index in [1.165, 1.54) is 11.1 Å². The number of hydrogen-bond donors (Lipinski definition) is 0. The fraction of sp³-hybridized carbons (Fsp3) is 0.333. The van der Waals surface area contributed by atoms with Crippen molar-refractivity contribution in [2.24, 2.45) is 0 Å². The van der Waals surface area contributed by atoms with Gasteiger partial charge in [0.05, 0.1) is 7.11 Å². The Morgan fingerprint density at radius 2 is 1.85 bits per heavy atom. The molecule has 0 radical (unpaired) electrons. The van der Waals surface area contributed by atoms with E-state index in [4.69, 9.17) is 9.47 Å². The normalized spacial score (nSPS) is 19.9. The van der Waals surface area contributed by atoms with Gasteiger partial charge in [0.15, 0.2) is 0 Å². The third-order valence-electron chi connectivity index (χ3n) is 4.11. The lowest BCUT2D eigenvalue weighted by Gasteiger charge is -2.40. The van der Waals surface area contributed by atoms with Gasteiger partial charge in [-0.1, -0.05) is 36.4 Å². The molecule has 3 rings (SSSR count). The summed E-state index contributed by atoms with van der Waals surface area (Å²) in [5.74, 6) is 2.16. The summed E-state index contributed by atoms with van der Waals surface area (Å²) in [4.78, 5) is 0. The van der Waals surface area contributed by atoms with Crippen molar-refractivity contribution in [3.8, 4) is 11.5 Å². The molecule has 0 bridgehead atoms. The Balaban J connectivity index is 1.99. The largest absolute Gasteiger partial charge is 0.497 e. The van der Waals surface area contributed by atoms with Gasteiger partial charge in [0.1, 0.15) is 17.1 Å². The maximum atomic E-state index is 6.25. The Bertz CT molecular complexity index is 602. The molecule has 0 amide bonds. The van der Waals surface area contributed by atoms with Gasteiger partial charge >= 0.3 is 0 Å². The molecule has 20 heavy (non-hydrogen) atoms. The highest BCUT2D eigenvalue weighted by Gasteiger charge is 2.37. The van der Waals surface area contributed by atoms with Gasteiger partial charge in [-0.25, -0.2) is 0 Å². The van der Waals surface area contributed by atoms with E-state index in [2.05, 4.69) is 50.2 Å². The zero-order chi connectivity index (χ0) is 14.2. The fourth-order valence-electron chi connectivity index (χ4n) is 2.95. The lowest BCUT2D eigenvalue weighted by Crippen LogP contribution is -2.40. The van der Waals surface area contributed by atoms with E-state index in [1.54, 1.807) is 7.11 Å². The minimum atomic E-state index is -0.222. The van der Waals surface area contributed by atoms with Crippen LogP contribution in [0.2, 0.25) is 0 Å². The summed E-state index contributed by atoms with van der Waals surface area (Å²) in [5, 5.41) is 0. The average molecular weight is 268 g/mol. The SMILES string of the molecule is COc1ccc2c(c1)OC(C)(C)C(c1ccccc1)C2. The third-order valence-corrected chi connectivity index (χ3v) is 4.11. The van der Waals surface area contributed by atoms with Crippen LogP contribution in [0.25, 0.3) is 0 Å². The highest BCUT2D eigenvalue weighted by atomic mass is 16.5. The molecule has 1 atom stereocenters. The van der Waals surface area contributed by atoms with Gasteiger partial charge in [0.25, 0.3) is 0 Å². The molecule has 2 aromatic rings. The van der Waals surface area contributed by atoms with E-state index in [0.717, 1.165) is 17.9 Å². The summed E-state index contributed by atoms with van der Waals surface area (Å²) in [6.45, 7) is 4.32. The van der Waals surface area contributed by atoms with Crippen LogP contribution >= 0.6 is 0 Å². The molecule has 2 heteroatoms. The Hall–Kier alpha value is -1.96. The molecule has 0 aromatic heterocycles. The number of benzene rings is 2. The van der Waals surface area contributed by atoms with E-state index in [1.807, 2.05) is 12.1 Å². The van der Waals surface area contributed by atoms with Crippen LogP contribution in [-0.4, -0.2) is 12.7 Å². The van der Waals surface area contributed by atoms with E-state index in [9.17, 15) is 0 Å². The first kappa shape index (κ1) is 13.0. The summed E-state index contributed by atoms with van der Waals surface area (Å²) in [5.41, 5.74) is 2.36. The minimum absolute atomic E-state index is 0.222. The Kier molecular flexibility index (Phi) is 3.17. The van der Waals surface area contributed by atoms with Crippen molar-refractivity contribution in [2.45, 2.75) is 31.8 Å². The van der Waals surface area contributed by atoms with Crippen molar-refractivity contribution < 1.29 is 9.47 Å². The molecule has 0 N–H and O–H groups in total. The Labute approximate surface area is 120 Å². The number of methoxy groups -OCH3 is 1. The van der Waals surface area contributed by atoms with E-state index in [-0.39, 0.29) is 5.60 Å². The fourth-order valence-corrected chi connectivity index (χ4v) is 2.95. The lowest BCUT2D eigenvalue weighted by atomic mass is 9.78. The number of ether oxygens (including phenoxy) is 2. The predicted molar refractivity (Wildman–Crippen MR) is 80.6 cm³/mol. The monoisotopic (exact) mass is 268 g/mol. The van der Waals surface area contributed by atoms with E-state index in [0.29, 0.717) is 5.92 Å². The van der Waals surface area contributed by atoms with Crippen LogP contribution in [0.4, 0.5) is 0 Å². The lowest BCUT2D eigenvalue weighted by molar-refractivity contribution is 0.0611. The van der Waals surface area contributed by atoms with Crippen molar-refractivity contribution in [3.63, 3.8) is 0 Å². The molecule has 2 aromatic carbocycles. The number of rotatable bonds is 2. The van der Waals surface area contributed by atoms with Gasteiger partial charge in [-0.05, 0) is 37.5 Å². The summed E-state index contributed by atoms with van der Waals surface area (Å²) in [7, 11) is 1.68. The van der Waals surface area contributed by atoms with Crippen molar-refractivity contribution in [3.05, 3.63) is 59.7 Å². The molecule has 0 fully saturated rings. The zero-order valence-electron chi connectivity index (χ0n) is 12.2. The van der Waals surface area contributed by atoms with E-state index >= 15 is 0 Å².